The smallest absolute Gasteiger partial charge is 0.475 e. The van der Waals surface area contributed by atoms with E-state index in [1.165, 1.54) is 0 Å². The quantitative estimate of drug-likeness (QED) is 0.0389. The van der Waals surface area contributed by atoms with Crippen molar-refractivity contribution in [2.45, 2.75) is 121 Å². The maximum Gasteiger partial charge on any atom is 0.490 e. The zero-order chi connectivity index (χ0) is 47.1. The van der Waals surface area contributed by atoms with Gasteiger partial charge >= 0.3 is 24.5 Å². The number of carboxylic acid groups (broad SMARTS) is 1. The average molecular weight is 909 g/mol. The first-order valence-electron chi connectivity index (χ1n) is 20.3. The van der Waals surface area contributed by atoms with Gasteiger partial charge in [-0.1, -0.05) is 62.8 Å². The van der Waals surface area contributed by atoms with Crippen molar-refractivity contribution in [3.63, 3.8) is 0 Å². The van der Waals surface area contributed by atoms with Crippen LogP contribution in [0.4, 0.5) is 39.5 Å². The predicted molar refractivity (Wildman–Crippen MR) is 213 cm³/mol. The van der Waals surface area contributed by atoms with Gasteiger partial charge < -0.3 is 37.8 Å². The molecule has 2 aromatic carbocycles. The summed E-state index contributed by atoms with van der Waals surface area (Å²) in [5.41, 5.74) is 8.93. The van der Waals surface area contributed by atoms with E-state index in [4.69, 9.17) is 32.2 Å². The molecule has 2 aliphatic carbocycles. The van der Waals surface area contributed by atoms with Crippen LogP contribution in [-0.2, 0) is 44.5 Å². The molecule has 2 unspecified atom stereocenters. The lowest BCUT2D eigenvalue weighted by Crippen LogP contribution is -2.57. The first-order valence-corrected chi connectivity index (χ1v) is 20.3. The van der Waals surface area contributed by atoms with Crippen molar-refractivity contribution < 1.29 is 63.8 Å². The number of benzene rings is 2. The molecule has 4 rings (SSSR count). The van der Waals surface area contributed by atoms with Crippen LogP contribution in [-0.4, -0.2) is 65.4 Å². The normalized spacial score (nSPS) is 16.6. The minimum absolute atomic E-state index is 0.000907. The SMILES string of the molecule is N=C(N)NCCC[C@H](NC(=O)C(NC(=O)C(Cc1ccc(C(=N)N)cc1)C1CCCCC1)C1CCCCC1)C(=O)NCc1cc(C(F)(F)F)cc(C(F)(F)F)c1.O=C(O)C(F)(F)F. The Labute approximate surface area is 357 Å². The molecule has 350 valence electrons. The van der Waals surface area contributed by atoms with Gasteiger partial charge in [0.2, 0.25) is 17.7 Å². The fourth-order valence-electron chi connectivity index (χ4n) is 7.70. The Morgan fingerprint density at radius 1 is 0.683 bits per heavy atom. The number of nitrogens with two attached hydrogens (primary N) is 2. The van der Waals surface area contributed by atoms with Crippen LogP contribution in [0, 0.1) is 28.6 Å². The summed E-state index contributed by atoms with van der Waals surface area (Å²) in [7, 11) is 0. The molecule has 0 bridgehead atoms. The number of hydrogen-bond acceptors (Lipinski definition) is 6. The lowest BCUT2D eigenvalue weighted by molar-refractivity contribution is -0.192. The van der Waals surface area contributed by atoms with E-state index in [2.05, 4.69) is 21.3 Å². The summed E-state index contributed by atoms with van der Waals surface area (Å²) in [6.07, 6.45) is -6.06. The molecule has 2 aliphatic rings. The monoisotopic (exact) mass is 908 g/mol. The first-order chi connectivity index (χ1) is 29.4. The van der Waals surface area contributed by atoms with Crippen molar-refractivity contribution >= 4 is 35.5 Å². The summed E-state index contributed by atoms with van der Waals surface area (Å²) in [6.45, 7) is -0.556. The fourth-order valence-corrected chi connectivity index (χ4v) is 7.70. The Morgan fingerprint density at radius 2 is 1.19 bits per heavy atom. The number of amides is 3. The topological polar surface area (TPSA) is 236 Å². The second-order valence-electron chi connectivity index (χ2n) is 15.7. The molecule has 0 heterocycles. The number of guanidine groups is 1. The molecule has 3 atom stereocenters. The van der Waals surface area contributed by atoms with Crippen molar-refractivity contribution in [2.24, 2.45) is 29.2 Å². The number of nitrogens with one attached hydrogen (secondary N) is 6. The molecule has 2 aromatic rings. The maximum atomic E-state index is 14.3. The maximum absolute atomic E-state index is 14.3. The van der Waals surface area contributed by atoms with Crippen LogP contribution >= 0.6 is 0 Å². The van der Waals surface area contributed by atoms with Gasteiger partial charge in [0, 0.05) is 24.6 Å². The van der Waals surface area contributed by atoms with E-state index >= 15 is 0 Å². The van der Waals surface area contributed by atoms with E-state index in [0.717, 1.165) is 56.9 Å². The fraction of sp³-hybridized carbons (Fsp3) is 0.561. The highest BCUT2D eigenvalue weighted by atomic mass is 19.4. The highest BCUT2D eigenvalue weighted by molar-refractivity contribution is 5.95. The number of halogens is 9. The van der Waals surface area contributed by atoms with E-state index < -0.39 is 77.5 Å². The van der Waals surface area contributed by atoms with Crippen LogP contribution in [0.5, 0.6) is 0 Å². The molecule has 2 saturated carbocycles. The minimum atomic E-state index is -5.08. The zero-order valence-electron chi connectivity index (χ0n) is 34.2. The molecule has 63 heavy (non-hydrogen) atoms. The van der Waals surface area contributed by atoms with E-state index in [9.17, 15) is 53.9 Å². The van der Waals surface area contributed by atoms with Crippen LogP contribution in [0.15, 0.2) is 42.5 Å². The van der Waals surface area contributed by atoms with Crippen LogP contribution in [0.25, 0.3) is 0 Å². The van der Waals surface area contributed by atoms with E-state index in [1.54, 1.807) is 12.1 Å². The number of alkyl halides is 9. The summed E-state index contributed by atoms with van der Waals surface area (Å²) in [5, 5.41) is 33.0. The molecule has 0 aromatic heterocycles. The first kappa shape index (κ1) is 51.8. The molecule has 22 heteroatoms. The third-order valence-electron chi connectivity index (χ3n) is 11.0. The molecule has 3 amide bonds. The highest BCUT2D eigenvalue weighted by Gasteiger charge is 2.40. The second kappa shape index (κ2) is 23.2. The van der Waals surface area contributed by atoms with Crippen LogP contribution in [0.3, 0.4) is 0 Å². The number of nitrogen functional groups attached to an aromatic ring is 1. The number of amidine groups is 1. The second-order valence-corrected chi connectivity index (χ2v) is 15.7. The van der Waals surface area contributed by atoms with Crippen molar-refractivity contribution in [3.8, 4) is 0 Å². The molecular formula is C41H53F9N8O5. The van der Waals surface area contributed by atoms with Gasteiger partial charge in [-0.05, 0) is 86.1 Å². The van der Waals surface area contributed by atoms with Gasteiger partial charge in [0.25, 0.3) is 0 Å². The van der Waals surface area contributed by atoms with Gasteiger partial charge in [-0.25, -0.2) is 4.79 Å². The molecule has 11 N–H and O–H groups in total. The standard InChI is InChI=1S/C39H52F6N8O3.C2HF3O2/c40-38(41,42)28-18-24(19-29(21-28)39(43,44)45)22-51-35(55)31(12-7-17-50-37(48)49)52-36(56)32(26-10-5-2-6-11-26)53-34(54)30(25-8-3-1-4-9-25)20-23-13-15-27(16-14-23)33(46)47;3-2(4,5)1(6)7/h13-16,18-19,21,25-26,30-32H,1-12,17,20,22H2,(H3,46,47)(H,51,55)(H,52,56)(H,53,54)(H4,48,49,50);(H,6,7)/t30?,31-,32?;/m0./s1. The van der Waals surface area contributed by atoms with Crippen LogP contribution < -0.4 is 32.7 Å². The Morgan fingerprint density at radius 3 is 1.65 bits per heavy atom. The van der Waals surface area contributed by atoms with Gasteiger partial charge in [-0.2, -0.15) is 39.5 Å². The van der Waals surface area contributed by atoms with Gasteiger partial charge in [0.15, 0.2) is 5.96 Å². The molecule has 0 radical (unpaired) electrons. The molecule has 0 aliphatic heterocycles. The number of carbonyl (C=O) groups excluding carboxylic acids is 3. The summed E-state index contributed by atoms with van der Waals surface area (Å²) in [6, 6.07) is 5.86. The van der Waals surface area contributed by atoms with Crippen LogP contribution in [0.1, 0.15) is 105 Å². The Kier molecular flexibility index (Phi) is 19.1. The summed E-state index contributed by atoms with van der Waals surface area (Å²) >= 11 is 0. The third-order valence-corrected chi connectivity index (χ3v) is 11.0. The average Bonchev–Trinajstić information content (AvgIpc) is 3.21. The number of carboxylic acids is 1. The summed E-state index contributed by atoms with van der Waals surface area (Å²) < 4.78 is 113. The number of carbonyl (C=O) groups is 4. The van der Waals surface area contributed by atoms with Crippen molar-refractivity contribution in [2.75, 3.05) is 6.54 Å². The molecule has 2 fully saturated rings. The van der Waals surface area contributed by atoms with Crippen LogP contribution in [0.2, 0.25) is 0 Å². The van der Waals surface area contributed by atoms with Gasteiger partial charge in [0.1, 0.15) is 17.9 Å². The zero-order valence-corrected chi connectivity index (χ0v) is 34.2. The minimum Gasteiger partial charge on any atom is -0.475 e. The summed E-state index contributed by atoms with van der Waals surface area (Å²) in [5.74, 6) is -5.59. The summed E-state index contributed by atoms with van der Waals surface area (Å²) in [4.78, 5) is 51.0. The Hall–Kier alpha value is -5.57. The van der Waals surface area contributed by atoms with E-state index in [0.29, 0.717) is 37.0 Å². The van der Waals surface area contributed by atoms with Gasteiger partial charge in [0.05, 0.1) is 11.1 Å². The highest BCUT2D eigenvalue weighted by Crippen LogP contribution is 2.37. The Balaban J connectivity index is 0.00000139. The lowest BCUT2D eigenvalue weighted by Gasteiger charge is -2.34. The van der Waals surface area contributed by atoms with Crippen molar-refractivity contribution in [1.82, 2.24) is 21.3 Å². The van der Waals surface area contributed by atoms with Gasteiger partial charge in [-0.15, -0.1) is 0 Å². The van der Waals surface area contributed by atoms with E-state index in [-0.39, 0.29) is 55.0 Å². The number of hydrogen-bond donors (Lipinski definition) is 9. The molecule has 13 nitrogen and oxygen atoms in total. The number of rotatable bonds is 16. The predicted octanol–water partition coefficient (Wildman–Crippen LogP) is 6.51. The molecule has 0 spiro atoms. The molecule has 0 saturated heterocycles. The lowest BCUT2D eigenvalue weighted by atomic mass is 9.76. The van der Waals surface area contributed by atoms with E-state index in [1.807, 2.05) is 12.1 Å². The van der Waals surface area contributed by atoms with Crippen molar-refractivity contribution in [1.29, 1.82) is 10.8 Å². The Bertz CT molecular complexity index is 1850. The molecular weight excluding hydrogens is 855 g/mol. The third kappa shape index (κ3) is 17.3. The largest absolute Gasteiger partial charge is 0.490 e. The van der Waals surface area contributed by atoms with Crippen molar-refractivity contribution in [3.05, 3.63) is 70.3 Å². The van der Waals surface area contributed by atoms with Gasteiger partial charge in [-0.3, -0.25) is 25.2 Å². The number of aliphatic carboxylic acids is 1.